The van der Waals surface area contributed by atoms with Gasteiger partial charge in [0.15, 0.2) is 0 Å². The van der Waals surface area contributed by atoms with Gasteiger partial charge in [-0.3, -0.25) is 4.99 Å². The number of nitrogens with zero attached hydrogens (tertiary/aromatic N) is 2. The summed E-state index contributed by atoms with van der Waals surface area (Å²) in [5, 5.41) is 1.21. The Balaban J connectivity index is 2.56. The van der Waals surface area contributed by atoms with Gasteiger partial charge >= 0.3 is 0 Å². The van der Waals surface area contributed by atoms with Crippen molar-refractivity contribution in [2.45, 2.75) is 6.92 Å². The van der Waals surface area contributed by atoms with Crippen LogP contribution in [0.2, 0.25) is 0 Å². The molecule has 0 saturated heterocycles. The third kappa shape index (κ3) is 1.69. The quantitative estimate of drug-likeness (QED) is 0.560. The van der Waals surface area contributed by atoms with Crippen LogP contribution >= 0.6 is 0 Å². The van der Waals surface area contributed by atoms with Crippen LogP contribution in [0.5, 0.6) is 0 Å². The van der Waals surface area contributed by atoms with Crippen LogP contribution in [0.1, 0.15) is 12.6 Å². The molecular formula is C13H16N2O. The zero-order valence-electron chi connectivity index (χ0n) is 9.90. The summed E-state index contributed by atoms with van der Waals surface area (Å²) in [6.07, 6.45) is 0. The van der Waals surface area contributed by atoms with Crippen molar-refractivity contribution in [3.63, 3.8) is 0 Å². The van der Waals surface area contributed by atoms with Crippen LogP contribution in [0.25, 0.3) is 10.9 Å². The molecule has 0 aliphatic carbocycles. The lowest BCUT2D eigenvalue weighted by Gasteiger charge is -2.07. The number of aromatic nitrogens is 1. The number of hydrogen-bond donors (Lipinski definition) is 0. The molecule has 2 aromatic rings. The van der Waals surface area contributed by atoms with Gasteiger partial charge in [0, 0.05) is 25.0 Å². The third-order valence-electron chi connectivity index (χ3n) is 2.65. The fourth-order valence-electron chi connectivity index (χ4n) is 1.88. The second-order valence-electron chi connectivity index (χ2n) is 3.61. The maximum Gasteiger partial charge on any atom is 0.233 e. The molecule has 2 rings (SSSR count). The summed E-state index contributed by atoms with van der Waals surface area (Å²) >= 11 is 0. The Morgan fingerprint density at radius 1 is 1.38 bits per heavy atom. The van der Waals surface area contributed by atoms with Gasteiger partial charge in [0.1, 0.15) is 5.69 Å². The summed E-state index contributed by atoms with van der Waals surface area (Å²) in [6.45, 7) is 2.60. The second-order valence-corrected chi connectivity index (χ2v) is 3.61. The van der Waals surface area contributed by atoms with E-state index in [1.54, 1.807) is 7.05 Å². The highest BCUT2D eigenvalue weighted by Gasteiger charge is 2.11. The topological polar surface area (TPSA) is 26.5 Å². The fraction of sp³-hybridized carbons (Fsp3) is 0.308. The monoisotopic (exact) mass is 216 g/mol. The largest absolute Gasteiger partial charge is 0.477 e. The van der Waals surface area contributed by atoms with E-state index in [0.29, 0.717) is 12.5 Å². The Morgan fingerprint density at radius 2 is 2.12 bits per heavy atom. The molecule has 0 amide bonds. The van der Waals surface area contributed by atoms with Gasteiger partial charge in [-0.1, -0.05) is 18.2 Å². The van der Waals surface area contributed by atoms with E-state index in [4.69, 9.17) is 4.74 Å². The van der Waals surface area contributed by atoms with Crippen molar-refractivity contribution in [1.29, 1.82) is 0 Å². The predicted molar refractivity (Wildman–Crippen MR) is 67.0 cm³/mol. The first-order valence-electron chi connectivity index (χ1n) is 5.42. The highest BCUT2D eigenvalue weighted by molar-refractivity contribution is 5.98. The Hall–Kier alpha value is -1.77. The van der Waals surface area contributed by atoms with Crippen molar-refractivity contribution in [3.05, 3.63) is 36.0 Å². The number of ether oxygens (including phenoxy) is 1. The summed E-state index contributed by atoms with van der Waals surface area (Å²) in [6, 6.07) is 10.4. The molecule has 1 aromatic carbocycles. The molecule has 0 saturated carbocycles. The molecule has 3 nitrogen and oxygen atoms in total. The molecule has 0 unspecified atom stereocenters. The maximum atomic E-state index is 5.52. The first-order chi connectivity index (χ1) is 7.77. The van der Waals surface area contributed by atoms with E-state index < -0.39 is 0 Å². The van der Waals surface area contributed by atoms with Crippen molar-refractivity contribution in [3.8, 4) is 0 Å². The molecule has 0 aliphatic rings. The molecule has 0 fully saturated rings. The van der Waals surface area contributed by atoms with E-state index in [9.17, 15) is 0 Å². The molecule has 16 heavy (non-hydrogen) atoms. The zero-order chi connectivity index (χ0) is 11.5. The summed E-state index contributed by atoms with van der Waals surface area (Å²) in [5.74, 6) is 0.696. The van der Waals surface area contributed by atoms with Gasteiger partial charge in [0.05, 0.1) is 6.61 Å². The van der Waals surface area contributed by atoms with Crippen molar-refractivity contribution in [2.75, 3.05) is 13.7 Å². The van der Waals surface area contributed by atoms with E-state index in [1.165, 1.54) is 10.9 Å². The lowest BCUT2D eigenvalue weighted by Crippen LogP contribution is -2.10. The van der Waals surface area contributed by atoms with E-state index >= 15 is 0 Å². The first-order valence-corrected chi connectivity index (χ1v) is 5.42. The number of aliphatic imine (C=N–C) groups is 1. The molecule has 0 atom stereocenters. The molecule has 84 valence electrons. The lowest BCUT2D eigenvalue weighted by molar-refractivity contribution is 0.326. The Bertz CT molecular complexity index is 526. The molecule has 3 heteroatoms. The normalized spacial score (nSPS) is 12.1. The van der Waals surface area contributed by atoms with Gasteiger partial charge in [0.2, 0.25) is 5.90 Å². The van der Waals surface area contributed by atoms with Crippen LogP contribution in [0.15, 0.2) is 35.3 Å². The minimum atomic E-state index is 0.633. The molecule has 0 radical (unpaired) electrons. The van der Waals surface area contributed by atoms with Crippen LogP contribution in [0.4, 0.5) is 0 Å². The Labute approximate surface area is 95.4 Å². The highest BCUT2D eigenvalue weighted by Crippen LogP contribution is 2.19. The van der Waals surface area contributed by atoms with Crippen LogP contribution in [0.3, 0.4) is 0 Å². The summed E-state index contributed by atoms with van der Waals surface area (Å²) in [5.41, 5.74) is 2.21. The third-order valence-corrected chi connectivity index (χ3v) is 2.65. The number of benzene rings is 1. The van der Waals surface area contributed by atoms with Crippen molar-refractivity contribution < 1.29 is 4.74 Å². The average Bonchev–Trinajstić information content (AvgIpc) is 2.64. The molecule has 1 aromatic heterocycles. The molecular weight excluding hydrogens is 200 g/mol. The standard InChI is InChI=1S/C13H16N2O/c1-4-16-13(14-2)12-9-10-7-5-6-8-11(10)15(12)3/h5-9H,4H2,1-3H3/b14-13-. The van der Waals surface area contributed by atoms with Gasteiger partial charge in [-0.05, 0) is 19.1 Å². The predicted octanol–water partition coefficient (Wildman–Crippen LogP) is 2.59. The van der Waals surface area contributed by atoms with Crippen LogP contribution in [-0.4, -0.2) is 24.1 Å². The SMILES string of the molecule is CCO/C(=N\C)c1cc2ccccc2n1C. The summed E-state index contributed by atoms with van der Waals surface area (Å²) in [7, 11) is 3.78. The maximum absolute atomic E-state index is 5.52. The van der Waals surface area contributed by atoms with Gasteiger partial charge in [-0.2, -0.15) is 0 Å². The lowest BCUT2D eigenvalue weighted by atomic mass is 10.2. The summed E-state index contributed by atoms with van der Waals surface area (Å²) < 4.78 is 7.62. The average molecular weight is 216 g/mol. The Morgan fingerprint density at radius 3 is 2.75 bits per heavy atom. The van der Waals surface area contributed by atoms with Crippen molar-refractivity contribution >= 4 is 16.8 Å². The zero-order valence-corrected chi connectivity index (χ0v) is 9.90. The van der Waals surface area contributed by atoms with Gasteiger partial charge in [-0.25, -0.2) is 0 Å². The van der Waals surface area contributed by atoms with Gasteiger partial charge in [0.25, 0.3) is 0 Å². The van der Waals surface area contributed by atoms with Crippen LogP contribution in [-0.2, 0) is 11.8 Å². The fourth-order valence-corrected chi connectivity index (χ4v) is 1.88. The van der Waals surface area contributed by atoms with E-state index in [0.717, 1.165) is 5.69 Å². The highest BCUT2D eigenvalue weighted by atomic mass is 16.5. The molecule has 0 spiro atoms. The van der Waals surface area contributed by atoms with Crippen LogP contribution in [0, 0.1) is 0 Å². The van der Waals surface area contributed by atoms with Crippen molar-refractivity contribution in [1.82, 2.24) is 4.57 Å². The van der Waals surface area contributed by atoms with Crippen LogP contribution < -0.4 is 0 Å². The number of hydrogen-bond acceptors (Lipinski definition) is 2. The number of rotatable bonds is 2. The molecule has 0 N–H and O–H groups in total. The van der Waals surface area contributed by atoms with E-state index in [-0.39, 0.29) is 0 Å². The number of para-hydroxylation sites is 1. The summed E-state index contributed by atoms with van der Waals surface area (Å²) in [4.78, 5) is 4.18. The van der Waals surface area contributed by atoms with E-state index in [2.05, 4.69) is 27.8 Å². The second kappa shape index (κ2) is 4.39. The van der Waals surface area contributed by atoms with Gasteiger partial charge < -0.3 is 9.30 Å². The Kier molecular flexibility index (Phi) is 2.95. The molecule has 0 bridgehead atoms. The van der Waals surface area contributed by atoms with Gasteiger partial charge in [-0.15, -0.1) is 0 Å². The minimum absolute atomic E-state index is 0.633. The number of aryl methyl sites for hydroxylation is 1. The smallest absolute Gasteiger partial charge is 0.233 e. The minimum Gasteiger partial charge on any atom is -0.477 e. The van der Waals surface area contributed by atoms with E-state index in [1.807, 2.05) is 26.1 Å². The molecule has 0 aliphatic heterocycles. The first kappa shape index (κ1) is 10.7. The molecule has 1 heterocycles. The number of fused-ring (bicyclic) bond motifs is 1. The van der Waals surface area contributed by atoms with Crippen molar-refractivity contribution in [2.24, 2.45) is 12.0 Å².